The molecule has 19 heavy (non-hydrogen) atoms. The lowest BCUT2D eigenvalue weighted by atomic mass is 10.1. The number of anilines is 1. The average Bonchev–Trinajstić information content (AvgIpc) is 2.97. The molecule has 0 radical (unpaired) electrons. The van der Waals surface area contributed by atoms with Gasteiger partial charge in [-0.3, -0.25) is 9.48 Å². The zero-order chi connectivity index (χ0) is 14.0. The van der Waals surface area contributed by atoms with Crippen molar-refractivity contribution in [3.8, 4) is 6.07 Å². The number of nitriles is 1. The Hall–Kier alpha value is -2.27. The summed E-state index contributed by atoms with van der Waals surface area (Å²) in [6.07, 6.45) is 1.41. The van der Waals surface area contributed by atoms with Crippen molar-refractivity contribution in [1.82, 2.24) is 19.4 Å². The van der Waals surface area contributed by atoms with E-state index in [2.05, 4.69) is 20.0 Å². The molecule has 0 aromatic carbocycles. The van der Waals surface area contributed by atoms with Gasteiger partial charge >= 0.3 is 0 Å². The predicted molar refractivity (Wildman–Crippen MR) is 69.9 cm³/mol. The summed E-state index contributed by atoms with van der Waals surface area (Å²) in [4.78, 5) is 12.6. The van der Waals surface area contributed by atoms with Crippen molar-refractivity contribution in [2.45, 2.75) is 19.8 Å². The van der Waals surface area contributed by atoms with Crippen molar-refractivity contribution in [2.24, 2.45) is 7.05 Å². The molecule has 0 aliphatic carbocycles. The van der Waals surface area contributed by atoms with E-state index in [1.165, 1.54) is 10.9 Å². The van der Waals surface area contributed by atoms with Gasteiger partial charge in [0.2, 0.25) is 0 Å². The first-order chi connectivity index (χ1) is 9.04. The maximum Gasteiger partial charge on any atom is 0.270 e. The van der Waals surface area contributed by atoms with Crippen LogP contribution in [0.1, 0.15) is 40.7 Å². The highest BCUT2D eigenvalue weighted by molar-refractivity contribution is 7.08. The quantitative estimate of drug-likeness (QED) is 0.916. The number of carbonyl (C=O) groups is 1. The summed E-state index contributed by atoms with van der Waals surface area (Å²) in [5.41, 5.74) is 0.975. The van der Waals surface area contributed by atoms with Crippen molar-refractivity contribution in [3.05, 3.63) is 22.3 Å². The molecule has 0 unspecified atom stereocenters. The van der Waals surface area contributed by atoms with E-state index in [1.54, 1.807) is 7.05 Å². The summed E-state index contributed by atoms with van der Waals surface area (Å²) < 4.78 is 5.25. The van der Waals surface area contributed by atoms with Crippen LogP contribution in [0.25, 0.3) is 0 Å². The van der Waals surface area contributed by atoms with Gasteiger partial charge < -0.3 is 5.32 Å². The van der Waals surface area contributed by atoms with E-state index >= 15 is 0 Å². The minimum absolute atomic E-state index is 0.112. The lowest BCUT2D eigenvalue weighted by molar-refractivity contribution is 0.102. The Morgan fingerprint density at radius 1 is 1.58 bits per heavy atom. The molecular formula is C11H12N6OS. The normalized spacial score (nSPS) is 10.5. The Morgan fingerprint density at radius 3 is 2.95 bits per heavy atom. The molecule has 0 aliphatic heterocycles. The molecule has 1 amide bonds. The smallest absolute Gasteiger partial charge is 0.270 e. The minimum Gasteiger partial charge on any atom is -0.305 e. The van der Waals surface area contributed by atoms with Crippen LogP contribution in [-0.4, -0.2) is 25.3 Å². The molecule has 2 aromatic heterocycles. The Balaban J connectivity index is 2.29. The van der Waals surface area contributed by atoms with Crippen molar-refractivity contribution in [2.75, 3.05) is 5.32 Å². The van der Waals surface area contributed by atoms with E-state index in [1.807, 2.05) is 19.9 Å². The third kappa shape index (κ3) is 2.46. The van der Waals surface area contributed by atoms with Crippen LogP contribution < -0.4 is 5.32 Å². The second kappa shape index (κ2) is 5.16. The van der Waals surface area contributed by atoms with Crippen LogP contribution in [0.15, 0.2) is 6.20 Å². The maximum absolute atomic E-state index is 12.2. The molecule has 2 rings (SSSR count). The number of nitrogens with one attached hydrogen (secondary N) is 1. The number of aromatic nitrogens is 4. The summed E-state index contributed by atoms with van der Waals surface area (Å²) in [5, 5.41) is 19.5. The fourth-order valence-corrected chi connectivity index (χ4v) is 2.28. The van der Waals surface area contributed by atoms with Gasteiger partial charge in [0.15, 0.2) is 0 Å². The summed E-state index contributed by atoms with van der Waals surface area (Å²) in [6, 6.07) is 1.98. The number of hydrogen-bond donors (Lipinski definition) is 1. The van der Waals surface area contributed by atoms with Crippen LogP contribution in [0.5, 0.6) is 0 Å². The van der Waals surface area contributed by atoms with Gasteiger partial charge in [-0.25, -0.2) is 0 Å². The van der Waals surface area contributed by atoms with Crippen LogP contribution in [0.3, 0.4) is 0 Å². The maximum atomic E-state index is 12.2. The standard InChI is InChI=1S/C11H12N6OS/c1-6(2)8-9(19-16-15-8)11(18)14-10-7(4-12)5-13-17(10)3/h5-6H,1-3H3,(H,14,18). The van der Waals surface area contributed by atoms with Gasteiger partial charge in [-0.2, -0.15) is 10.4 Å². The SMILES string of the molecule is CC(C)c1nnsc1C(=O)Nc1c(C#N)cnn1C. The molecule has 0 fully saturated rings. The molecular weight excluding hydrogens is 264 g/mol. The predicted octanol–water partition coefficient (Wildman–Crippen LogP) is 1.52. The highest BCUT2D eigenvalue weighted by atomic mass is 32.1. The number of hydrogen-bond acceptors (Lipinski definition) is 6. The van der Waals surface area contributed by atoms with Gasteiger partial charge in [0.25, 0.3) is 5.91 Å². The van der Waals surface area contributed by atoms with Crippen molar-refractivity contribution in [1.29, 1.82) is 5.26 Å². The van der Waals surface area contributed by atoms with Crippen LogP contribution >= 0.6 is 11.5 Å². The van der Waals surface area contributed by atoms with E-state index in [4.69, 9.17) is 5.26 Å². The Bertz CT molecular complexity index is 650. The molecule has 2 heterocycles. The summed E-state index contributed by atoms with van der Waals surface area (Å²) in [6.45, 7) is 3.89. The monoisotopic (exact) mass is 276 g/mol. The van der Waals surface area contributed by atoms with E-state index in [-0.39, 0.29) is 11.8 Å². The lowest BCUT2D eigenvalue weighted by Gasteiger charge is -2.06. The first kappa shape index (κ1) is 13.2. The minimum atomic E-state index is -0.321. The Labute approximate surface area is 114 Å². The molecule has 8 heteroatoms. The molecule has 0 saturated heterocycles. The van der Waals surface area contributed by atoms with Gasteiger partial charge in [-0.05, 0) is 17.5 Å². The number of nitrogens with zero attached hydrogens (tertiary/aromatic N) is 5. The van der Waals surface area contributed by atoms with Crippen LogP contribution in [0.4, 0.5) is 5.82 Å². The highest BCUT2D eigenvalue weighted by Crippen LogP contribution is 2.21. The van der Waals surface area contributed by atoms with Crippen molar-refractivity contribution >= 4 is 23.3 Å². The van der Waals surface area contributed by atoms with Gasteiger partial charge in [0, 0.05) is 7.05 Å². The van der Waals surface area contributed by atoms with Crippen LogP contribution in [0.2, 0.25) is 0 Å². The number of aryl methyl sites for hydroxylation is 1. The van der Waals surface area contributed by atoms with E-state index < -0.39 is 0 Å². The molecule has 1 N–H and O–H groups in total. The summed E-state index contributed by atoms with van der Waals surface area (Å²) >= 11 is 1.04. The molecule has 7 nitrogen and oxygen atoms in total. The first-order valence-corrected chi connectivity index (χ1v) is 6.37. The molecule has 0 bridgehead atoms. The molecule has 98 valence electrons. The van der Waals surface area contributed by atoms with Gasteiger partial charge in [0.1, 0.15) is 22.3 Å². The van der Waals surface area contributed by atoms with E-state index in [0.717, 1.165) is 11.5 Å². The molecule has 0 atom stereocenters. The summed E-state index contributed by atoms with van der Waals surface area (Å²) in [7, 11) is 1.66. The first-order valence-electron chi connectivity index (χ1n) is 5.60. The number of rotatable bonds is 3. The highest BCUT2D eigenvalue weighted by Gasteiger charge is 2.20. The summed E-state index contributed by atoms with van der Waals surface area (Å²) in [5.74, 6) is 0.163. The molecule has 2 aromatic rings. The average molecular weight is 276 g/mol. The second-order valence-electron chi connectivity index (χ2n) is 4.24. The van der Waals surface area contributed by atoms with E-state index in [0.29, 0.717) is 22.0 Å². The number of carbonyl (C=O) groups excluding carboxylic acids is 1. The van der Waals surface area contributed by atoms with Crippen LogP contribution in [0, 0.1) is 11.3 Å². The third-order valence-corrected chi connectivity index (χ3v) is 3.30. The lowest BCUT2D eigenvalue weighted by Crippen LogP contribution is -2.16. The molecule has 0 aliphatic rings. The van der Waals surface area contributed by atoms with Crippen molar-refractivity contribution in [3.63, 3.8) is 0 Å². The Morgan fingerprint density at radius 2 is 2.32 bits per heavy atom. The largest absolute Gasteiger partial charge is 0.305 e. The van der Waals surface area contributed by atoms with Crippen LogP contribution in [-0.2, 0) is 7.05 Å². The topological polar surface area (TPSA) is 96.5 Å². The third-order valence-electron chi connectivity index (χ3n) is 2.56. The van der Waals surface area contributed by atoms with Gasteiger partial charge in [-0.15, -0.1) is 5.10 Å². The second-order valence-corrected chi connectivity index (χ2v) is 4.99. The fraction of sp³-hybridized carbons (Fsp3) is 0.364. The molecule has 0 spiro atoms. The zero-order valence-electron chi connectivity index (χ0n) is 10.7. The van der Waals surface area contributed by atoms with Gasteiger partial charge in [0.05, 0.1) is 11.9 Å². The molecule has 0 saturated carbocycles. The van der Waals surface area contributed by atoms with Gasteiger partial charge in [-0.1, -0.05) is 18.3 Å². The van der Waals surface area contributed by atoms with E-state index in [9.17, 15) is 4.79 Å². The Kier molecular flexibility index (Phi) is 3.57. The van der Waals surface area contributed by atoms with Crippen molar-refractivity contribution < 1.29 is 4.79 Å². The zero-order valence-corrected chi connectivity index (χ0v) is 11.5. The fourth-order valence-electron chi connectivity index (χ4n) is 1.56. The number of amides is 1.